The molecule has 0 spiro atoms. The Labute approximate surface area is 170 Å². The van der Waals surface area contributed by atoms with Crippen LogP contribution in [-0.4, -0.2) is 65.1 Å². The summed E-state index contributed by atoms with van der Waals surface area (Å²) in [4.78, 5) is 71.4. The number of hydrogen-bond donors (Lipinski definition) is 8. The van der Waals surface area contributed by atoms with Crippen LogP contribution in [0.2, 0.25) is 0 Å². The molecule has 168 valence electrons. The first kappa shape index (κ1) is 26.1. The molecule has 0 aliphatic carbocycles. The topological polar surface area (TPSA) is 245 Å². The second-order valence-electron chi connectivity index (χ2n) is 6.35. The fourth-order valence-electron chi connectivity index (χ4n) is 2.54. The van der Waals surface area contributed by atoms with Crippen LogP contribution in [-0.2, 0) is 13.9 Å². The SMILES string of the molecule is NC(CCCC(=O)CNC(=O)c1ccccc1C(=O)O)C(O)(P(=O)(O)O)P(=O)(O)O. The van der Waals surface area contributed by atoms with E-state index in [2.05, 4.69) is 5.32 Å². The lowest BCUT2D eigenvalue weighted by Crippen LogP contribution is -2.47. The van der Waals surface area contributed by atoms with Gasteiger partial charge in [-0.15, -0.1) is 0 Å². The molecule has 0 bridgehead atoms. The smallest absolute Gasteiger partial charge is 0.371 e. The third-order valence-electron chi connectivity index (χ3n) is 4.17. The molecule has 0 aromatic heterocycles. The van der Waals surface area contributed by atoms with Crippen LogP contribution in [0.4, 0.5) is 0 Å². The van der Waals surface area contributed by atoms with Crippen LogP contribution in [0.3, 0.4) is 0 Å². The average Bonchev–Trinajstić information content (AvgIpc) is 2.63. The van der Waals surface area contributed by atoms with Crippen LogP contribution >= 0.6 is 15.2 Å². The Morgan fingerprint density at radius 3 is 2.00 bits per heavy atom. The maximum atomic E-state index is 12.1. The number of carboxylic acids is 1. The minimum absolute atomic E-state index is 0.159. The number of hydrogen-bond acceptors (Lipinski definition) is 7. The monoisotopic (exact) mass is 468 g/mol. The summed E-state index contributed by atoms with van der Waals surface area (Å²) in [7, 11) is -11.4. The van der Waals surface area contributed by atoms with E-state index in [-0.39, 0.29) is 24.0 Å². The summed E-state index contributed by atoms with van der Waals surface area (Å²) in [5.74, 6) is -2.71. The van der Waals surface area contributed by atoms with E-state index in [0.29, 0.717) is 0 Å². The maximum Gasteiger partial charge on any atom is 0.371 e. The van der Waals surface area contributed by atoms with Gasteiger partial charge in [0.05, 0.1) is 23.7 Å². The minimum atomic E-state index is -5.72. The second-order valence-corrected chi connectivity index (χ2v) is 10.2. The van der Waals surface area contributed by atoms with E-state index in [1.807, 2.05) is 0 Å². The van der Waals surface area contributed by atoms with Crippen LogP contribution in [0.15, 0.2) is 24.3 Å². The van der Waals surface area contributed by atoms with Crippen molar-refractivity contribution in [2.45, 2.75) is 30.4 Å². The Morgan fingerprint density at radius 1 is 1.03 bits per heavy atom. The van der Waals surface area contributed by atoms with Crippen LogP contribution in [0.5, 0.6) is 0 Å². The Bertz CT molecular complexity index is 886. The molecule has 1 atom stereocenters. The fraction of sp³-hybridized carbons (Fsp3) is 0.400. The number of nitrogens with two attached hydrogens (primary N) is 1. The first-order valence-electron chi connectivity index (χ1n) is 8.34. The number of aromatic carboxylic acids is 1. The molecule has 0 aliphatic rings. The third kappa shape index (κ3) is 6.03. The number of carbonyl (C=O) groups excluding carboxylic acids is 2. The Kier molecular flexibility index (Phi) is 8.61. The highest BCUT2D eigenvalue weighted by Gasteiger charge is 2.63. The lowest BCUT2D eigenvalue weighted by Gasteiger charge is -2.34. The number of benzene rings is 1. The van der Waals surface area contributed by atoms with Gasteiger partial charge in [-0.3, -0.25) is 18.7 Å². The number of carbonyl (C=O) groups is 3. The van der Waals surface area contributed by atoms with Crippen molar-refractivity contribution in [2.75, 3.05) is 6.54 Å². The van der Waals surface area contributed by atoms with E-state index >= 15 is 0 Å². The minimum Gasteiger partial charge on any atom is -0.478 e. The molecular formula is C15H22N2O11P2. The second kappa shape index (κ2) is 9.90. The highest BCUT2D eigenvalue weighted by atomic mass is 31.2. The maximum absolute atomic E-state index is 12.1. The third-order valence-corrected chi connectivity index (χ3v) is 8.12. The Hall–Kier alpha value is -1.95. The van der Waals surface area contributed by atoms with Gasteiger partial charge < -0.3 is 40.8 Å². The van der Waals surface area contributed by atoms with Crippen LogP contribution in [0.1, 0.15) is 40.0 Å². The Balaban J connectivity index is 2.64. The van der Waals surface area contributed by atoms with E-state index in [1.165, 1.54) is 24.3 Å². The number of rotatable bonds is 11. The molecule has 0 saturated heterocycles. The first-order valence-corrected chi connectivity index (χ1v) is 11.6. The van der Waals surface area contributed by atoms with Crippen molar-refractivity contribution in [3.63, 3.8) is 0 Å². The molecule has 1 aromatic rings. The van der Waals surface area contributed by atoms with E-state index < -0.39 is 56.9 Å². The zero-order valence-corrected chi connectivity index (χ0v) is 17.2. The van der Waals surface area contributed by atoms with Crippen molar-refractivity contribution in [2.24, 2.45) is 5.73 Å². The molecule has 0 radical (unpaired) electrons. The average molecular weight is 468 g/mol. The van der Waals surface area contributed by atoms with Crippen LogP contribution in [0.25, 0.3) is 0 Å². The fourth-order valence-corrected chi connectivity index (χ4v) is 5.02. The summed E-state index contributed by atoms with van der Waals surface area (Å²) in [6, 6.07) is 3.29. The van der Waals surface area contributed by atoms with Gasteiger partial charge in [-0.1, -0.05) is 12.1 Å². The van der Waals surface area contributed by atoms with Gasteiger partial charge in [0.1, 0.15) is 0 Å². The van der Waals surface area contributed by atoms with Crippen molar-refractivity contribution >= 4 is 32.9 Å². The summed E-state index contributed by atoms with van der Waals surface area (Å²) in [6.07, 6.45) is -1.02. The van der Waals surface area contributed by atoms with Crippen molar-refractivity contribution < 1.29 is 53.3 Å². The molecular weight excluding hydrogens is 446 g/mol. The zero-order valence-electron chi connectivity index (χ0n) is 15.4. The normalized spacial score (nSPS) is 13.5. The van der Waals surface area contributed by atoms with Crippen molar-refractivity contribution in [3.05, 3.63) is 35.4 Å². The molecule has 15 heteroatoms. The van der Waals surface area contributed by atoms with E-state index in [1.54, 1.807) is 0 Å². The predicted octanol–water partition coefficient (Wildman–Crippen LogP) is -0.817. The van der Waals surface area contributed by atoms with E-state index in [9.17, 15) is 28.6 Å². The lowest BCUT2D eigenvalue weighted by atomic mass is 10.1. The van der Waals surface area contributed by atoms with Crippen molar-refractivity contribution in [1.82, 2.24) is 5.32 Å². The quantitative estimate of drug-likeness (QED) is 0.186. The van der Waals surface area contributed by atoms with Crippen LogP contribution < -0.4 is 11.1 Å². The molecule has 1 unspecified atom stereocenters. The molecule has 9 N–H and O–H groups in total. The zero-order chi connectivity index (χ0) is 23.3. The number of Topliss-reactive ketones (excluding diaryl/α,β-unsaturated/α-hetero) is 1. The van der Waals surface area contributed by atoms with E-state index in [4.69, 9.17) is 30.4 Å². The number of ketones is 1. The van der Waals surface area contributed by atoms with Gasteiger partial charge in [0.15, 0.2) is 5.78 Å². The van der Waals surface area contributed by atoms with Crippen molar-refractivity contribution in [1.29, 1.82) is 0 Å². The standard InChI is InChI=1S/C15H22N2O11P2/c16-12(15(22,29(23,24)25)30(26,27)28)7-3-4-9(18)8-17-13(19)10-5-1-2-6-11(10)14(20)21/h1-2,5-6,12,22H,3-4,7-8,16H2,(H,17,19)(H,20,21)(H2,23,24,25)(H2,26,27,28). The molecule has 13 nitrogen and oxygen atoms in total. The highest BCUT2D eigenvalue weighted by Crippen LogP contribution is 2.68. The van der Waals surface area contributed by atoms with Gasteiger partial charge in [-0.05, 0) is 25.0 Å². The van der Waals surface area contributed by atoms with Crippen LogP contribution in [0, 0.1) is 0 Å². The van der Waals surface area contributed by atoms with Crippen molar-refractivity contribution in [3.8, 4) is 0 Å². The molecule has 1 amide bonds. The lowest BCUT2D eigenvalue weighted by molar-refractivity contribution is -0.118. The van der Waals surface area contributed by atoms with Gasteiger partial charge in [0, 0.05) is 6.42 Å². The van der Waals surface area contributed by atoms with Gasteiger partial charge >= 0.3 is 21.2 Å². The van der Waals surface area contributed by atoms with Gasteiger partial charge in [0.25, 0.3) is 11.0 Å². The summed E-state index contributed by atoms with van der Waals surface area (Å²) in [5.41, 5.74) is 4.96. The largest absolute Gasteiger partial charge is 0.478 e. The molecule has 1 rings (SSSR count). The summed E-state index contributed by atoms with van der Waals surface area (Å²) in [5, 5.41) is 17.3. The number of carboxylic acid groups (broad SMARTS) is 1. The molecule has 30 heavy (non-hydrogen) atoms. The summed E-state index contributed by atoms with van der Waals surface area (Å²) < 4.78 is 22.7. The van der Waals surface area contributed by atoms with Gasteiger partial charge in [-0.2, -0.15) is 0 Å². The Morgan fingerprint density at radius 2 is 1.53 bits per heavy atom. The predicted molar refractivity (Wildman–Crippen MR) is 102 cm³/mol. The molecule has 0 fully saturated rings. The highest BCUT2D eigenvalue weighted by molar-refractivity contribution is 7.72. The number of amides is 1. The molecule has 0 aliphatic heterocycles. The van der Waals surface area contributed by atoms with E-state index in [0.717, 1.165) is 0 Å². The first-order chi connectivity index (χ1) is 13.6. The van der Waals surface area contributed by atoms with Gasteiger partial charge in [-0.25, -0.2) is 4.79 Å². The number of aliphatic hydroxyl groups is 1. The molecule has 0 heterocycles. The molecule has 0 saturated carbocycles. The number of nitrogens with one attached hydrogen (secondary N) is 1. The van der Waals surface area contributed by atoms with Gasteiger partial charge in [0.2, 0.25) is 0 Å². The molecule has 1 aromatic carbocycles. The summed E-state index contributed by atoms with van der Waals surface area (Å²) in [6.45, 7) is -0.497. The summed E-state index contributed by atoms with van der Waals surface area (Å²) >= 11 is 0.